The predicted molar refractivity (Wildman–Crippen MR) is 142 cm³/mol. The Morgan fingerprint density at radius 1 is 1.08 bits per heavy atom. The van der Waals surface area contributed by atoms with Crippen LogP contribution in [0.3, 0.4) is 0 Å². The number of hydrogen-bond donors (Lipinski definition) is 0. The molecular formula is C28H34N6O2. The van der Waals surface area contributed by atoms with Crippen molar-refractivity contribution in [2.45, 2.75) is 26.7 Å². The molecule has 188 valence electrons. The van der Waals surface area contributed by atoms with Gasteiger partial charge in [-0.25, -0.2) is 4.98 Å². The summed E-state index contributed by atoms with van der Waals surface area (Å²) in [5.74, 6) is 2.23. The number of morpholine rings is 1. The number of carbonyl (C=O) groups is 1. The number of aromatic nitrogens is 3. The van der Waals surface area contributed by atoms with Gasteiger partial charge in [0.25, 0.3) is 5.91 Å². The van der Waals surface area contributed by atoms with Gasteiger partial charge in [0.2, 0.25) is 5.95 Å². The highest BCUT2D eigenvalue weighted by atomic mass is 16.5. The zero-order valence-electron chi connectivity index (χ0n) is 21.4. The van der Waals surface area contributed by atoms with Crippen molar-refractivity contribution in [3.63, 3.8) is 0 Å². The highest BCUT2D eigenvalue weighted by molar-refractivity contribution is 5.95. The molecule has 0 radical (unpaired) electrons. The van der Waals surface area contributed by atoms with Crippen molar-refractivity contribution < 1.29 is 9.53 Å². The molecule has 4 heterocycles. The number of hydrogen-bond acceptors (Lipinski definition) is 7. The van der Waals surface area contributed by atoms with Crippen LogP contribution in [0, 0.1) is 5.92 Å². The summed E-state index contributed by atoms with van der Waals surface area (Å²) in [4.78, 5) is 33.7. The van der Waals surface area contributed by atoms with E-state index in [2.05, 4.69) is 28.6 Å². The quantitative estimate of drug-likeness (QED) is 0.496. The SMILES string of the molecule is CC(C)CCN(C)C(=O)c1cccc(-c2nc(N3CCOCC3)nc3c2CCN3c2ccncc2)c1. The number of pyridine rings is 1. The standard InChI is InChI=1S/C28H34N6O2/c1-20(2)9-13-32(3)27(35)22-6-4-5-21(19-22)25-24-10-14-34(23-7-11-29-12-8-23)26(24)31-28(30-25)33-15-17-36-18-16-33/h4-8,11-12,19-20H,9-10,13-18H2,1-3H3. The minimum atomic E-state index is 0.0371. The molecule has 0 bridgehead atoms. The lowest BCUT2D eigenvalue weighted by atomic mass is 10.0. The number of nitrogens with zero attached hydrogens (tertiary/aromatic N) is 6. The highest BCUT2D eigenvalue weighted by Gasteiger charge is 2.29. The third-order valence-corrected chi connectivity index (χ3v) is 6.85. The van der Waals surface area contributed by atoms with E-state index in [4.69, 9.17) is 14.7 Å². The van der Waals surface area contributed by atoms with Gasteiger partial charge in [-0.1, -0.05) is 26.0 Å². The van der Waals surface area contributed by atoms with E-state index < -0.39 is 0 Å². The molecule has 0 atom stereocenters. The van der Waals surface area contributed by atoms with Crippen molar-refractivity contribution in [1.82, 2.24) is 19.9 Å². The van der Waals surface area contributed by atoms with E-state index in [1.807, 2.05) is 60.7 Å². The second-order valence-corrected chi connectivity index (χ2v) is 9.87. The fourth-order valence-electron chi connectivity index (χ4n) is 4.74. The zero-order valence-corrected chi connectivity index (χ0v) is 21.4. The first kappa shape index (κ1) is 24.2. The summed E-state index contributed by atoms with van der Waals surface area (Å²) in [7, 11) is 1.88. The summed E-state index contributed by atoms with van der Waals surface area (Å²) >= 11 is 0. The fraction of sp³-hybridized carbons (Fsp3) is 0.429. The van der Waals surface area contributed by atoms with Crippen molar-refractivity contribution in [1.29, 1.82) is 0 Å². The van der Waals surface area contributed by atoms with Crippen molar-refractivity contribution in [3.8, 4) is 11.3 Å². The number of fused-ring (bicyclic) bond motifs is 1. The Morgan fingerprint density at radius 3 is 2.61 bits per heavy atom. The Hall–Kier alpha value is -3.52. The van der Waals surface area contributed by atoms with Gasteiger partial charge in [0.05, 0.1) is 18.9 Å². The largest absolute Gasteiger partial charge is 0.378 e. The zero-order chi connectivity index (χ0) is 25.1. The van der Waals surface area contributed by atoms with Gasteiger partial charge in [0.1, 0.15) is 5.82 Å². The van der Waals surface area contributed by atoms with Crippen LogP contribution in [0.2, 0.25) is 0 Å². The molecule has 5 rings (SSSR count). The molecule has 3 aromatic rings. The van der Waals surface area contributed by atoms with E-state index in [-0.39, 0.29) is 5.91 Å². The number of ether oxygens (including phenoxy) is 1. The van der Waals surface area contributed by atoms with Crippen LogP contribution in [-0.4, -0.2) is 72.2 Å². The van der Waals surface area contributed by atoms with Crippen LogP contribution in [0.1, 0.15) is 36.2 Å². The van der Waals surface area contributed by atoms with E-state index in [1.54, 1.807) is 0 Å². The molecule has 1 saturated heterocycles. The van der Waals surface area contributed by atoms with Gasteiger partial charge in [-0.3, -0.25) is 9.78 Å². The van der Waals surface area contributed by atoms with Gasteiger partial charge < -0.3 is 19.4 Å². The van der Waals surface area contributed by atoms with E-state index in [0.717, 1.165) is 67.3 Å². The molecule has 0 saturated carbocycles. The monoisotopic (exact) mass is 486 g/mol. The Kier molecular flexibility index (Phi) is 7.13. The van der Waals surface area contributed by atoms with Gasteiger partial charge in [-0.15, -0.1) is 0 Å². The minimum absolute atomic E-state index is 0.0371. The highest BCUT2D eigenvalue weighted by Crippen LogP contribution is 2.39. The van der Waals surface area contributed by atoms with Crippen LogP contribution < -0.4 is 9.80 Å². The molecule has 8 nitrogen and oxygen atoms in total. The van der Waals surface area contributed by atoms with Crippen LogP contribution in [0.5, 0.6) is 0 Å². The number of benzene rings is 1. The van der Waals surface area contributed by atoms with Crippen LogP contribution >= 0.6 is 0 Å². The molecule has 36 heavy (non-hydrogen) atoms. The molecule has 8 heteroatoms. The summed E-state index contributed by atoms with van der Waals surface area (Å²) in [6.07, 6.45) is 5.43. The molecule has 2 aliphatic rings. The van der Waals surface area contributed by atoms with Gasteiger partial charge in [-0.2, -0.15) is 4.98 Å². The number of anilines is 3. The van der Waals surface area contributed by atoms with Crippen LogP contribution in [0.25, 0.3) is 11.3 Å². The third kappa shape index (κ3) is 5.04. The fourth-order valence-corrected chi connectivity index (χ4v) is 4.74. The average molecular weight is 487 g/mol. The molecule has 1 aromatic carbocycles. The van der Waals surface area contributed by atoms with Gasteiger partial charge in [0, 0.05) is 68.0 Å². The lowest BCUT2D eigenvalue weighted by Gasteiger charge is -2.28. The van der Waals surface area contributed by atoms with E-state index in [9.17, 15) is 4.79 Å². The van der Waals surface area contributed by atoms with E-state index in [1.165, 1.54) is 0 Å². The Labute approximate surface area is 212 Å². The molecule has 1 fully saturated rings. The van der Waals surface area contributed by atoms with Gasteiger partial charge >= 0.3 is 0 Å². The lowest BCUT2D eigenvalue weighted by Crippen LogP contribution is -2.37. The smallest absolute Gasteiger partial charge is 0.253 e. The summed E-state index contributed by atoms with van der Waals surface area (Å²) in [5.41, 5.74) is 4.71. The first-order chi connectivity index (χ1) is 17.5. The van der Waals surface area contributed by atoms with Crippen LogP contribution in [-0.2, 0) is 11.2 Å². The van der Waals surface area contributed by atoms with Crippen molar-refractivity contribution in [2.24, 2.45) is 5.92 Å². The third-order valence-electron chi connectivity index (χ3n) is 6.85. The second-order valence-electron chi connectivity index (χ2n) is 9.87. The van der Waals surface area contributed by atoms with E-state index >= 15 is 0 Å². The van der Waals surface area contributed by atoms with Crippen molar-refractivity contribution >= 4 is 23.4 Å². The average Bonchev–Trinajstić information content (AvgIpc) is 3.36. The number of amides is 1. The molecule has 0 aliphatic carbocycles. The number of rotatable bonds is 7. The maximum Gasteiger partial charge on any atom is 0.253 e. The summed E-state index contributed by atoms with van der Waals surface area (Å²) in [6.45, 7) is 8.76. The van der Waals surface area contributed by atoms with Crippen LogP contribution in [0.4, 0.5) is 17.5 Å². The first-order valence-electron chi connectivity index (χ1n) is 12.8. The number of carbonyl (C=O) groups excluding carboxylic acids is 1. The molecule has 0 unspecified atom stereocenters. The molecule has 2 aromatic heterocycles. The first-order valence-corrected chi connectivity index (χ1v) is 12.8. The van der Waals surface area contributed by atoms with Gasteiger partial charge in [0.15, 0.2) is 0 Å². The lowest BCUT2D eigenvalue weighted by molar-refractivity contribution is 0.0789. The molecule has 1 amide bonds. The normalized spacial score (nSPS) is 15.3. The summed E-state index contributed by atoms with van der Waals surface area (Å²) < 4.78 is 5.56. The summed E-state index contributed by atoms with van der Waals surface area (Å²) in [6, 6.07) is 11.9. The Morgan fingerprint density at radius 2 is 1.86 bits per heavy atom. The Bertz CT molecular complexity index is 1210. The summed E-state index contributed by atoms with van der Waals surface area (Å²) in [5, 5.41) is 0. The molecule has 0 N–H and O–H groups in total. The topological polar surface area (TPSA) is 74.7 Å². The van der Waals surface area contributed by atoms with Crippen molar-refractivity contribution in [2.75, 3.05) is 56.2 Å². The minimum Gasteiger partial charge on any atom is -0.378 e. The maximum absolute atomic E-state index is 13.2. The maximum atomic E-state index is 13.2. The molecule has 2 aliphatic heterocycles. The van der Waals surface area contributed by atoms with Gasteiger partial charge in [-0.05, 0) is 43.0 Å². The van der Waals surface area contributed by atoms with Crippen LogP contribution in [0.15, 0.2) is 48.8 Å². The Balaban J connectivity index is 1.54. The second kappa shape index (κ2) is 10.6. The van der Waals surface area contributed by atoms with Crippen molar-refractivity contribution in [3.05, 3.63) is 59.9 Å². The predicted octanol–water partition coefficient (Wildman–Crippen LogP) is 4.19. The molecular weight excluding hydrogens is 452 g/mol. The van der Waals surface area contributed by atoms with E-state index in [0.29, 0.717) is 30.6 Å². The molecule has 0 spiro atoms.